The van der Waals surface area contributed by atoms with Gasteiger partial charge in [-0.2, -0.15) is 4.90 Å². The summed E-state index contributed by atoms with van der Waals surface area (Å²) in [6.07, 6.45) is 0. The number of aromatic nitrogens is 1. The predicted octanol–water partition coefficient (Wildman–Crippen LogP) is 1.52. The summed E-state index contributed by atoms with van der Waals surface area (Å²) in [7, 11) is -3.91. The van der Waals surface area contributed by atoms with Crippen LogP contribution in [-0.2, 0) is 31.0 Å². The summed E-state index contributed by atoms with van der Waals surface area (Å²) >= 11 is 7.80. The van der Waals surface area contributed by atoms with Crippen LogP contribution in [0.15, 0.2) is 63.2 Å². The van der Waals surface area contributed by atoms with Crippen molar-refractivity contribution >= 4 is 74.2 Å². The second-order valence-electron chi connectivity index (χ2n) is 8.68. The quantitative estimate of drug-likeness (QED) is 0.363. The molecule has 0 spiro atoms. The van der Waals surface area contributed by atoms with Crippen molar-refractivity contribution < 1.29 is 27.6 Å². The highest BCUT2D eigenvalue weighted by Crippen LogP contribution is 2.53. The number of amides is 5. The number of anilines is 1. The predicted molar refractivity (Wildman–Crippen MR) is 143 cm³/mol. The number of sulfonamides is 1. The molecule has 0 aliphatic carbocycles. The lowest BCUT2D eigenvalue weighted by atomic mass is 9.83. The first-order valence-corrected chi connectivity index (χ1v) is 14.7. The summed E-state index contributed by atoms with van der Waals surface area (Å²) in [5.41, 5.74) is 6.18. The minimum atomic E-state index is -3.91. The van der Waals surface area contributed by atoms with E-state index >= 15 is 0 Å². The summed E-state index contributed by atoms with van der Waals surface area (Å²) < 4.78 is 24.1. The Morgan fingerprint density at radius 1 is 1.00 bits per heavy atom. The highest BCUT2D eigenvalue weighted by atomic mass is 35.5. The standard InChI is InChI=1S/C23H18ClN5O7S3/c24-11-3-1-10(2-4-11)15-16-17(20(32)29(19(16)31)22(25)33)37-21-18(15)38-23(34)28(21)9-14(30)27-12-5-7-13(8-6-12)39(26,35)36/h1-8,15-17H,9H2,(H2,25,33)(H,27,30)(H2,26,35,36). The van der Waals surface area contributed by atoms with E-state index in [1.54, 1.807) is 24.3 Å². The number of carbonyl (C=O) groups is 4. The van der Waals surface area contributed by atoms with Gasteiger partial charge in [-0.05, 0) is 42.0 Å². The second-order valence-corrected chi connectivity index (χ2v) is 12.8. The number of nitrogens with zero attached hydrogens (tertiary/aromatic N) is 2. The minimum absolute atomic E-state index is 0.136. The number of nitrogens with one attached hydrogen (secondary N) is 1. The molecule has 3 unspecified atom stereocenters. The number of benzene rings is 2. The first-order valence-electron chi connectivity index (χ1n) is 11.1. The number of primary sulfonamides is 1. The van der Waals surface area contributed by atoms with Gasteiger partial charge in [-0.1, -0.05) is 46.8 Å². The molecule has 12 nitrogen and oxygen atoms in total. The Morgan fingerprint density at radius 2 is 1.64 bits per heavy atom. The summed E-state index contributed by atoms with van der Waals surface area (Å²) in [5.74, 6) is -3.92. The second kappa shape index (κ2) is 9.91. The van der Waals surface area contributed by atoms with Crippen LogP contribution < -0.4 is 21.1 Å². The van der Waals surface area contributed by atoms with E-state index in [0.29, 0.717) is 25.4 Å². The van der Waals surface area contributed by atoms with Crippen LogP contribution in [0.5, 0.6) is 0 Å². The van der Waals surface area contributed by atoms with Gasteiger partial charge < -0.3 is 11.1 Å². The van der Waals surface area contributed by atoms with Gasteiger partial charge in [0.2, 0.25) is 21.8 Å². The van der Waals surface area contributed by atoms with Gasteiger partial charge in [0, 0.05) is 21.5 Å². The maximum atomic E-state index is 13.2. The minimum Gasteiger partial charge on any atom is -0.351 e. The summed E-state index contributed by atoms with van der Waals surface area (Å²) in [5, 5.41) is 7.38. The van der Waals surface area contributed by atoms with Crippen LogP contribution in [0.25, 0.3) is 0 Å². The number of hydrogen-bond acceptors (Lipinski definition) is 9. The molecule has 1 fully saturated rings. The fourth-order valence-electron chi connectivity index (χ4n) is 4.57. The first-order chi connectivity index (χ1) is 18.4. The highest BCUT2D eigenvalue weighted by molar-refractivity contribution is 8.00. The Kier molecular flexibility index (Phi) is 6.88. The van der Waals surface area contributed by atoms with Crippen LogP contribution in [0, 0.1) is 5.92 Å². The molecule has 0 saturated carbocycles. The monoisotopic (exact) mass is 607 g/mol. The molecule has 2 aliphatic heterocycles. The topological polar surface area (TPSA) is 192 Å². The van der Waals surface area contributed by atoms with Crippen molar-refractivity contribution in [2.24, 2.45) is 16.8 Å². The van der Waals surface area contributed by atoms with E-state index in [1.165, 1.54) is 28.8 Å². The number of imide groups is 3. The van der Waals surface area contributed by atoms with Gasteiger partial charge in [0.15, 0.2) is 0 Å². The van der Waals surface area contributed by atoms with Crippen molar-refractivity contribution in [1.82, 2.24) is 9.47 Å². The molecule has 0 bridgehead atoms. The van der Waals surface area contributed by atoms with Gasteiger partial charge in [0.05, 0.1) is 15.8 Å². The fraction of sp³-hybridized carbons (Fsp3) is 0.174. The number of urea groups is 1. The van der Waals surface area contributed by atoms with E-state index in [1.807, 2.05) is 0 Å². The third kappa shape index (κ3) is 4.87. The zero-order chi connectivity index (χ0) is 28.2. The van der Waals surface area contributed by atoms with Crippen molar-refractivity contribution in [2.45, 2.75) is 27.6 Å². The van der Waals surface area contributed by atoms with E-state index in [-0.39, 0.29) is 10.6 Å². The van der Waals surface area contributed by atoms with E-state index in [0.717, 1.165) is 23.1 Å². The number of primary amides is 1. The van der Waals surface area contributed by atoms with Crippen LogP contribution in [0.2, 0.25) is 5.02 Å². The number of thioether (sulfide) groups is 1. The molecule has 1 aromatic heterocycles. The molecule has 5 N–H and O–H groups in total. The Morgan fingerprint density at radius 3 is 2.23 bits per heavy atom. The molecule has 5 rings (SSSR count). The van der Waals surface area contributed by atoms with E-state index in [2.05, 4.69) is 5.32 Å². The largest absolute Gasteiger partial charge is 0.351 e. The zero-order valence-corrected chi connectivity index (χ0v) is 22.8. The van der Waals surface area contributed by atoms with Crippen molar-refractivity contribution in [3.05, 3.63) is 73.7 Å². The number of hydrogen-bond donors (Lipinski definition) is 3. The van der Waals surface area contributed by atoms with E-state index < -0.39 is 62.3 Å². The number of thiazole rings is 1. The van der Waals surface area contributed by atoms with E-state index in [4.69, 9.17) is 22.5 Å². The fourth-order valence-corrected chi connectivity index (χ4v) is 7.99. The Hall–Kier alpha value is -3.50. The normalized spacial score (nSPS) is 20.5. The lowest BCUT2D eigenvalue weighted by Gasteiger charge is -2.30. The lowest BCUT2D eigenvalue weighted by Crippen LogP contribution is -2.41. The van der Waals surface area contributed by atoms with Gasteiger partial charge in [-0.25, -0.2) is 18.4 Å². The van der Waals surface area contributed by atoms with Crippen molar-refractivity contribution in [3.8, 4) is 0 Å². The third-order valence-electron chi connectivity index (χ3n) is 6.27. The molecule has 3 aromatic rings. The molecule has 1 saturated heterocycles. The number of halogens is 1. The molecule has 0 radical (unpaired) electrons. The average molecular weight is 608 g/mol. The Bertz CT molecular complexity index is 1700. The Labute approximate surface area is 234 Å². The zero-order valence-electron chi connectivity index (χ0n) is 19.6. The van der Waals surface area contributed by atoms with Crippen LogP contribution in [0.3, 0.4) is 0 Å². The van der Waals surface area contributed by atoms with Crippen LogP contribution in [0.4, 0.5) is 10.5 Å². The molecule has 202 valence electrons. The molecule has 39 heavy (non-hydrogen) atoms. The highest BCUT2D eigenvalue weighted by Gasteiger charge is 2.57. The SMILES string of the molecule is NC(=O)N1C(=O)C2Sc3c(sc(=O)n3CC(=O)Nc3ccc(S(N)(=O)=O)cc3)C(c3ccc(Cl)cc3)C2C1=O. The van der Waals surface area contributed by atoms with Crippen LogP contribution in [-0.4, -0.2) is 46.9 Å². The lowest BCUT2D eigenvalue weighted by molar-refractivity contribution is -0.135. The molecular weight excluding hydrogens is 590 g/mol. The summed E-state index contributed by atoms with van der Waals surface area (Å²) in [4.78, 5) is 64.3. The number of rotatable bonds is 5. The smallest absolute Gasteiger partial charge is 0.328 e. The van der Waals surface area contributed by atoms with Crippen LogP contribution in [0.1, 0.15) is 16.4 Å². The molecule has 2 aliphatic rings. The van der Waals surface area contributed by atoms with Crippen LogP contribution >= 0.6 is 34.7 Å². The Balaban J connectivity index is 1.51. The van der Waals surface area contributed by atoms with E-state index in [9.17, 15) is 32.4 Å². The molecular formula is C23H18ClN5O7S3. The van der Waals surface area contributed by atoms with Gasteiger partial charge in [-0.15, -0.1) is 0 Å². The molecule has 2 aromatic carbocycles. The molecule has 5 amide bonds. The molecule has 3 heterocycles. The number of carbonyl (C=O) groups excluding carboxylic acids is 4. The van der Waals surface area contributed by atoms with Gasteiger partial charge in [-0.3, -0.25) is 23.7 Å². The van der Waals surface area contributed by atoms with Gasteiger partial charge in [0.1, 0.15) is 11.8 Å². The number of likely N-dealkylation sites (tertiary alicyclic amines) is 1. The third-order valence-corrected chi connectivity index (χ3v) is 10.1. The van der Waals surface area contributed by atoms with Crippen molar-refractivity contribution in [3.63, 3.8) is 0 Å². The average Bonchev–Trinajstić information content (AvgIpc) is 3.30. The number of fused-ring (bicyclic) bond motifs is 2. The number of nitrogens with two attached hydrogens (primary N) is 2. The molecule has 16 heteroatoms. The summed E-state index contributed by atoms with van der Waals surface area (Å²) in [6.45, 7) is -0.430. The maximum absolute atomic E-state index is 13.2. The molecule has 3 atom stereocenters. The van der Waals surface area contributed by atoms with Crippen molar-refractivity contribution in [1.29, 1.82) is 0 Å². The van der Waals surface area contributed by atoms with Gasteiger partial charge in [0.25, 0.3) is 5.91 Å². The summed E-state index contributed by atoms with van der Waals surface area (Å²) in [6, 6.07) is 10.5. The maximum Gasteiger partial charge on any atom is 0.328 e. The van der Waals surface area contributed by atoms with Gasteiger partial charge >= 0.3 is 10.9 Å². The first kappa shape index (κ1) is 27.1. The van der Waals surface area contributed by atoms with Crippen molar-refractivity contribution in [2.75, 3.05) is 5.32 Å².